The summed E-state index contributed by atoms with van der Waals surface area (Å²) in [6, 6.07) is 0. The number of hydrogen-bond acceptors (Lipinski definition) is 1. The molecule has 0 unspecified atom stereocenters. The third kappa shape index (κ3) is 2.21. The average molecular weight is 233 g/mol. The summed E-state index contributed by atoms with van der Waals surface area (Å²) in [6.45, 7) is 11.0. The monoisotopic (exact) mass is 233 g/mol. The molecule has 0 aromatic heterocycles. The van der Waals surface area contributed by atoms with Crippen LogP contribution in [0.15, 0.2) is 33.6 Å². The van der Waals surface area contributed by atoms with Crippen LogP contribution in [-0.2, 0) is 0 Å². The molecule has 0 aromatic carbocycles. The van der Waals surface area contributed by atoms with E-state index in [0.29, 0.717) is 0 Å². The fraction of sp³-hybridized carbons (Fsp3) is 0.533. The highest BCUT2D eigenvalue weighted by Gasteiger charge is 2.28. The largest absolute Gasteiger partial charge is 0.387 e. The van der Waals surface area contributed by atoms with Crippen LogP contribution in [0.1, 0.15) is 34.6 Å². The minimum absolute atomic E-state index is 1.26. The second-order valence-electron chi connectivity index (χ2n) is 5.12. The van der Waals surface area contributed by atoms with E-state index >= 15 is 0 Å². The summed E-state index contributed by atoms with van der Waals surface area (Å²) in [4.78, 5) is 0. The summed E-state index contributed by atoms with van der Waals surface area (Å²) in [7, 11) is 6.22. The molecule has 0 aromatic rings. The van der Waals surface area contributed by atoms with Gasteiger partial charge in [-0.25, -0.2) is 4.58 Å². The topological polar surface area (TPSA) is 15.0 Å². The van der Waals surface area contributed by atoms with Gasteiger partial charge in [0.05, 0.1) is 5.70 Å². The molecule has 0 spiro atoms. The molecule has 1 aliphatic rings. The number of nitrogens with one attached hydrogen (secondary N) is 1. The molecule has 0 amide bonds. The van der Waals surface area contributed by atoms with Crippen molar-refractivity contribution in [3.63, 3.8) is 0 Å². The van der Waals surface area contributed by atoms with Crippen molar-refractivity contribution in [3.05, 3.63) is 33.6 Å². The molecule has 0 bridgehead atoms. The molecule has 1 aliphatic carbocycles. The van der Waals surface area contributed by atoms with E-state index in [4.69, 9.17) is 0 Å². The minimum atomic E-state index is 1.26. The van der Waals surface area contributed by atoms with Crippen LogP contribution in [0.3, 0.4) is 0 Å². The van der Waals surface area contributed by atoms with Crippen LogP contribution >= 0.6 is 0 Å². The predicted octanol–water partition coefficient (Wildman–Crippen LogP) is 2.88. The Morgan fingerprint density at radius 1 is 0.941 bits per heavy atom. The molecule has 0 saturated heterocycles. The molecule has 0 radical (unpaired) electrons. The highest BCUT2D eigenvalue weighted by molar-refractivity contribution is 6.12. The van der Waals surface area contributed by atoms with Gasteiger partial charge in [0, 0.05) is 23.8 Å². The van der Waals surface area contributed by atoms with Crippen LogP contribution in [0.2, 0.25) is 0 Å². The number of allylic oxidation sites excluding steroid dienone is 4. The molecule has 0 atom stereocenters. The third-order valence-corrected chi connectivity index (χ3v) is 3.47. The standard InChI is InChI=1S/C15H24N2/c1-9(2)13-10(3)11(4)15(17(7)8)12(5)14(13)16-6/h1-8H3/p+1. The van der Waals surface area contributed by atoms with Crippen LogP contribution in [-0.4, -0.2) is 31.4 Å². The van der Waals surface area contributed by atoms with Crippen molar-refractivity contribution in [2.45, 2.75) is 34.6 Å². The van der Waals surface area contributed by atoms with Gasteiger partial charge in [-0.15, -0.1) is 0 Å². The van der Waals surface area contributed by atoms with Crippen molar-refractivity contribution in [2.24, 2.45) is 0 Å². The summed E-state index contributed by atoms with van der Waals surface area (Å²) in [5, 5.41) is 3.36. The fourth-order valence-corrected chi connectivity index (χ4v) is 2.75. The molecule has 0 aliphatic heterocycles. The average Bonchev–Trinajstić information content (AvgIpc) is 2.22. The molecular weight excluding hydrogens is 208 g/mol. The van der Waals surface area contributed by atoms with Gasteiger partial charge in [-0.1, -0.05) is 5.57 Å². The molecule has 17 heavy (non-hydrogen) atoms. The zero-order chi connectivity index (χ0) is 13.3. The number of nitrogens with zero attached hydrogens (tertiary/aromatic N) is 1. The van der Waals surface area contributed by atoms with E-state index in [-0.39, 0.29) is 0 Å². The van der Waals surface area contributed by atoms with Crippen LogP contribution < -0.4 is 5.32 Å². The Hall–Kier alpha value is -1.31. The molecular formula is C15H25N2+. The Morgan fingerprint density at radius 3 is 1.82 bits per heavy atom. The van der Waals surface area contributed by atoms with Crippen LogP contribution in [0.5, 0.6) is 0 Å². The first-order valence-corrected chi connectivity index (χ1v) is 6.12. The highest BCUT2D eigenvalue weighted by atomic mass is 14.9. The molecule has 0 saturated carbocycles. The quantitative estimate of drug-likeness (QED) is 0.688. The maximum absolute atomic E-state index is 3.36. The van der Waals surface area contributed by atoms with Crippen LogP contribution in [0, 0.1) is 0 Å². The van der Waals surface area contributed by atoms with Gasteiger partial charge in [0.1, 0.15) is 14.1 Å². The maximum Gasteiger partial charge on any atom is 0.207 e. The lowest BCUT2D eigenvalue weighted by atomic mass is 9.83. The summed E-state index contributed by atoms with van der Waals surface area (Å²) < 4.78 is 2.20. The van der Waals surface area contributed by atoms with Gasteiger partial charge in [0.15, 0.2) is 0 Å². The lowest BCUT2D eigenvalue weighted by Crippen LogP contribution is -2.27. The van der Waals surface area contributed by atoms with Crippen molar-refractivity contribution in [1.29, 1.82) is 0 Å². The molecule has 1 N–H and O–H groups in total. The molecule has 2 heteroatoms. The summed E-state index contributed by atoms with van der Waals surface area (Å²) >= 11 is 0. The Kier molecular flexibility index (Phi) is 3.97. The first kappa shape index (κ1) is 13.8. The van der Waals surface area contributed by atoms with Gasteiger partial charge < -0.3 is 5.32 Å². The summed E-state index contributed by atoms with van der Waals surface area (Å²) in [6.07, 6.45) is 0. The van der Waals surface area contributed by atoms with E-state index in [1.807, 2.05) is 7.05 Å². The molecule has 2 nitrogen and oxygen atoms in total. The SMILES string of the molecule is CNC1=C(C)C(=[N+](C)C)C(C)=C(C)C1=C(C)C. The lowest BCUT2D eigenvalue weighted by molar-refractivity contribution is -0.463. The number of hydrogen-bond donors (Lipinski definition) is 1. The normalized spacial score (nSPS) is 16.7. The van der Waals surface area contributed by atoms with Crippen molar-refractivity contribution >= 4 is 5.71 Å². The van der Waals surface area contributed by atoms with E-state index in [9.17, 15) is 0 Å². The van der Waals surface area contributed by atoms with Gasteiger partial charge in [-0.3, -0.25) is 0 Å². The van der Waals surface area contributed by atoms with E-state index in [1.54, 1.807) is 0 Å². The van der Waals surface area contributed by atoms with Gasteiger partial charge in [0.25, 0.3) is 0 Å². The number of rotatable bonds is 1. The van der Waals surface area contributed by atoms with E-state index in [2.05, 4.69) is 58.6 Å². The van der Waals surface area contributed by atoms with Crippen molar-refractivity contribution in [3.8, 4) is 0 Å². The van der Waals surface area contributed by atoms with Crippen LogP contribution in [0.4, 0.5) is 0 Å². The van der Waals surface area contributed by atoms with Crippen LogP contribution in [0.25, 0.3) is 0 Å². The zero-order valence-corrected chi connectivity index (χ0v) is 12.4. The molecule has 0 heterocycles. The Morgan fingerprint density at radius 2 is 1.47 bits per heavy atom. The van der Waals surface area contributed by atoms with Crippen molar-refractivity contribution in [1.82, 2.24) is 5.32 Å². The second-order valence-corrected chi connectivity index (χ2v) is 5.12. The van der Waals surface area contributed by atoms with Gasteiger partial charge in [-0.2, -0.15) is 0 Å². The first-order chi connectivity index (χ1) is 7.82. The number of likely N-dealkylation sites (N-methyl/N-ethyl adjacent to an activating group) is 1. The predicted molar refractivity (Wildman–Crippen MR) is 75.6 cm³/mol. The molecule has 1 rings (SSSR count). The van der Waals surface area contributed by atoms with Crippen molar-refractivity contribution in [2.75, 3.05) is 21.1 Å². The Bertz CT molecular complexity index is 463. The zero-order valence-electron chi connectivity index (χ0n) is 12.4. The van der Waals surface area contributed by atoms with E-state index in [1.165, 1.54) is 39.3 Å². The smallest absolute Gasteiger partial charge is 0.207 e. The first-order valence-electron chi connectivity index (χ1n) is 6.12. The summed E-state index contributed by atoms with van der Waals surface area (Å²) in [5.41, 5.74) is 9.41. The fourth-order valence-electron chi connectivity index (χ4n) is 2.75. The van der Waals surface area contributed by atoms with Gasteiger partial charge in [0.2, 0.25) is 5.71 Å². The third-order valence-electron chi connectivity index (χ3n) is 3.47. The van der Waals surface area contributed by atoms with Gasteiger partial charge in [-0.05, 0) is 40.2 Å². The van der Waals surface area contributed by atoms with Crippen molar-refractivity contribution < 1.29 is 4.58 Å². The Labute approximate surface area is 105 Å². The lowest BCUT2D eigenvalue weighted by Gasteiger charge is -2.25. The minimum Gasteiger partial charge on any atom is -0.387 e. The van der Waals surface area contributed by atoms with E-state index in [0.717, 1.165) is 0 Å². The highest BCUT2D eigenvalue weighted by Crippen LogP contribution is 2.32. The molecule has 94 valence electrons. The van der Waals surface area contributed by atoms with E-state index < -0.39 is 0 Å². The van der Waals surface area contributed by atoms with Gasteiger partial charge >= 0.3 is 0 Å². The molecule has 0 fully saturated rings. The Balaban J connectivity index is 3.67. The second kappa shape index (κ2) is 4.91. The maximum atomic E-state index is 3.36. The summed E-state index contributed by atoms with van der Waals surface area (Å²) in [5.74, 6) is 0.